The monoisotopic (exact) mass is 465 g/mol. The van der Waals surface area contributed by atoms with Crippen LogP contribution in [0.1, 0.15) is 62.0 Å². The maximum atomic E-state index is 13.8. The first-order valence-corrected chi connectivity index (χ1v) is 10.8. The van der Waals surface area contributed by atoms with Crippen LogP contribution in [0.5, 0.6) is 0 Å². The Balaban J connectivity index is 1.46. The van der Waals surface area contributed by atoms with Gasteiger partial charge in [0, 0.05) is 17.4 Å². The molecule has 168 valence electrons. The third kappa shape index (κ3) is 3.44. The molecule has 3 aromatic rings. The molecule has 0 fully saturated rings. The Morgan fingerprint density at radius 1 is 1.34 bits per heavy atom. The van der Waals surface area contributed by atoms with Gasteiger partial charge in [0.15, 0.2) is 11.7 Å². The van der Waals surface area contributed by atoms with Crippen molar-refractivity contribution < 1.29 is 27.2 Å². The van der Waals surface area contributed by atoms with E-state index < -0.39 is 30.1 Å². The van der Waals surface area contributed by atoms with Crippen molar-refractivity contribution in [2.75, 3.05) is 10.6 Å². The predicted molar refractivity (Wildman–Crippen MR) is 110 cm³/mol. The Labute approximate surface area is 183 Å². The first-order valence-electron chi connectivity index (χ1n) is 9.94. The highest BCUT2D eigenvalue weighted by Gasteiger charge is 2.47. The minimum Gasteiger partial charge on any atom is -0.467 e. The predicted octanol–water partition coefficient (Wildman–Crippen LogP) is 4.04. The fraction of sp³-hybridized carbons (Fsp3) is 0.350. The number of aryl methyl sites for hydroxylation is 1. The van der Waals surface area contributed by atoms with Crippen LogP contribution in [0, 0.1) is 0 Å². The van der Waals surface area contributed by atoms with Crippen LogP contribution < -0.4 is 16.4 Å². The Bertz CT molecular complexity index is 1200. The summed E-state index contributed by atoms with van der Waals surface area (Å²) in [6.45, 7) is 0. The SMILES string of the molecule is NC(=O)c1c(NC(=O)c2cc3n(n2)[C@@H](C(F)(F)F)C[C@H](c2ccco2)N3)sc2c1CCC2. The van der Waals surface area contributed by atoms with Crippen LogP contribution >= 0.6 is 11.3 Å². The van der Waals surface area contributed by atoms with Gasteiger partial charge < -0.3 is 20.8 Å². The van der Waals surface area contributed by atoms with Gasteiger partial charge in [0.25, 0.3) is 11.8 Å². The number of nitrogens with one attached hydrogen (secondary N) is 2. The van der Waals surface area contributed by atoms with Crippen molar-refractivity contribution in [3.63, 3.8) is 0 Å². The van der Waals surface area contributed by atoms with E-state index in [1.54, 1.807) is 12.1 Å². The molecule has 0 aromatic carbocycles. The number of nitrogens with zero attached hydrogens (tertiary/aromatic N) is 2. The zero-order chi connectivity index (χ0) is 22.6. The highest BCUT2D eigenvalue weighted by molar-refractivity contribution is 7.17. The van der Waals surface area contributed by atoms with Gasteiger partial charge in [-0.15, -0.1) is 11.3 Å². The van der Waals surface area contributed by atoms with Crippen molar-refractivity contribution in [1.29, 1.82) is 0 Å². The highest BCUT2D eigenvalue weighted by atomic mass is 32.1. The second kappa shape index (κ2) is 7.40. The van der Waals surface area contributed by atoms with Gasteiger partial charge in [-0.1, -0.05) is 0 Å². The van der Waals surface area contributed by atoms with Gasteiger partial charge in [0.1, 0.15) is 16.6 Å². The third-order valence-electron chi connectivity index (χ3n) is 5.70. The maximum absolute atomic E-state index is 13.8. The first-order chi connectivity index (χ1) is 15.2. The number of aromatic nitrogens is 2. The zero-order valence-corrected chi connectivity index (χ0v) is 17.3. The molecule has 1 aliphatic heterocycles. The second-order valence-corrected chi connectivity index (χ2v) is 8.85. The molecule has 4 heterocycles. The van der Waals surface area contributed by atoms with E-state index >= 15 is 0 Å². The first kappa shape index (κ1) is 20.6. The van der Waals surface area contributed by atoms with E-state index in [1.807, 2.05) is 0 Å². The van der Waals surface area contributed by atoms with Crippen LogP contribution in [0.2, 0.25) is 0 Å². The van der Waals surface area contributed by atoms with E-state index in [2.05, 4.69) is 15.7 Å². The number of anilines is 2. The molecule has 3 aromatic heterocycles. The number of hydrogen-bond acceptors (Lipinski definition) is 6. The van der Waals surface area contributed by atoms with Gasteiger partial charge in [-0.05, 0) is 37.0 Å². The molecule has 32 heavy (non-hydrogen) atoms. The van der Waals surface area contributed by atoms with Crippen molar-refractivity contribution in [3.8, 4) is 0 Å². The van der Waals surface area contributed by atoms with E-state index in [4.69, 9.17) is 10.2 Å². The normalized spacial score (nSPS) is 19.8. The van der Waals surface area contributed by atoms with Gasteiger partial charge in [-0.25, -0.2) is 4.68 Å². The quantitative estimate of drug-likeness (QED) is 0.538. The molecule has 0 unspecified atom stereocenters. The van der Waals surface area contributed by atoms with Crippen LogP contribution in [0.25, 0.3) is 0 Å². The summed E-state index contributed by atoms with van der Waals surface area (Å²) in [6.07, 6.45) is -1.13. The lowest BCUT2D eigenvalue weighted by molar-refractivity contribution is -0.174. The maximum Gasteiger partial charge on any atom is 0.410 e. The molecule has 0 bridgehead atoms. The van der Waals surface area contributed by atoms with Crippen LogP contribution in [0.3, 0.4) is 0 Å². The fourth-order valence-corrected chi connectivity index (χ4v) is 5.57. The summed E-state index contributed by atoms with van der Waals surface area (Å²) in [7, 11) is 0. The largest absolute Gasteiger partial charge is 0.467 e. The Kier molecular flexibility index (Phi) is 4.77. The summed E-state index contributed by atoms with van der Waals surface area (Å²) < 4.78 is 47.3. The number of halogens is 3. The van der Waals surface area contributed by atoms with Gasteiger partial charge in [-0.2, -0.15) is 18.3 Å². The highest BCUT2D eigenvalue weighted by Crippen LogP contribution is 2.44. The fourth-order valence-electron chi connectivity index (χ4n) is 4.28. The molecular formula is C20H18F3N5O3S. The summed E-state index contributed by atoms with van der Waals surface area (Å²) >= 11 is 1.26. The number of carbonyl (C=O) groups excluding carboxylic acids is 2. The molecule has 0 saturated heterocycles. The van der Waals surface area contributed by atoms with E-state index in [1.165, 1.54) is 23.7 Å². The summed E-state index contributed by atoms with van der Waals surface area (Å²) in [5, 5.41) is 9.80. The molecule has 12 heteroatoms. The Hall–Kier alpha value is -3.28. The standard InChI is InChI=1S/C20H18F3N5O3S/c21-20(22,23)14-7-10(12-4-2-6-31-12)25-15-8-11(27-28(14)15)18(30)26-19-16(17(24)29)9-3-1-5-13(9)32-19/h2,4,6,8,10,14,25H,1,3,5,7H2,(H2,24,29)(H,26,30)/t10-,14-/m1/s1. The lowest BCUT2D eigenvalue weighted by Gasteiger charge is -2.32. The number of rotatable bonds is 4. The molecule has 0 radical (unpaired) electrons. The van der Waals surface area contributed by atoms with Gasteiger partial charge in [0.2, 0.25) is 0 Å². The van der Waals surface area contributed by atoms with Crippen molar-refractivity contribution in [2.24, 2.45) is 5.73 Å². The average molecular weight is 465 g/mol. The molecule has 0 saturated carbocycles. The van der Waals surface area contributed by atoms with Crippen LogP contribution in [0.4, 0.5) is 24.0 Å². The molecule has 2 aliphatic rings. The molecule has 0 spiro atoms. The number of alkyl halides is 3. The van der Waals surface area contributed by atoms with Crippen molar-refractivity contribution >= 4 is 34.0 Å². The lowest BCUT2D eigenvalue weighted by Crippen LogP contribution is -2.35. The number of nitrogens with two attached hydrogens (primary N) is 1. The number of carbonyl (C=O) groups is 2. The Morgan fingerprint density at radius 2 is 2.16 bits per heavy atom. The number of furan rings is 1. The van der Waals surface area contributed by atoms with E-state index in [-0.39, 0.29) is 23.5 Å². The topological polar surface area (TPSA) is 115 Å². The number of amides is 2. The average Bonchev–Trinajstić information content (AvgIpc) is 3.48. The van der Waals surface area contributed by atoms with Crippen LogP contribution in [0.15, 0.2) is 28.9 Å². The van der Waals surface area contributed by atoms with E-state index in [9.17, 15) is 22.8 Å². The summed E-state index contributed by atoms with van der Waals surface area (Å²) in [6, 6.07) is 1.79. The molecule has 2 amide bonds. The minimum atomic E-state index is -4.57. The van der Waals surface area contributed by atoms with E-state index in [0.717, 1.165) is 28.0 Å². The summed E-state index contributed by atoms with van der Waals surface area (Å²) in [5.41, 5.74) is 6.41. The zero-order valence-electron chi connectivity index (χ0n) is 16.5. The van der Waals surface area contributed by atoms with Crippen molar-refractivity contribution in [2.45, 2.75) is 43.9 Å². The molecule has 5 rings (SSSR count). The second-order valence-electron chi connectivity index (χ2n) is 7.74. The van der Waals surface area contributed by atoms with Gasteiger partial charge in [-0.3, -0.25) is 9.59 Å². The van der Waals surface area contributed by atoms with Crippen LogP contribution in [-0.2, 0) is 12.8 Å². The third-order valence-corrected chi connectivity index (χ3v) is 6.91. The molecule has 2 atom stereocenters. The molecule has 8 nitrogen and oxygen atoms in total. The summed E-state index contributed by atoms with van der Waals surface area (Å²) in [4.78, 5) is 25.8. The Morgan fingerprint density at radius 3 is 2.84 bits per heavy atom. The van der Waals surface area contributed by atoms with Crippen LogP contribution in [-0.4, -0.2) is 27.8 Å². The molecular weight excluding hydrogens is 447 g/mol. The van der Waals surface area contributed by atoms with Crippen molar-refractivity contribution in [1.82, 2.24) is 9.78 Å². The number of thiophene rings is 1. The molecule has 1 aliphatic carbocycles. The van der Waals surface area contributed by atoms with Crippen molar-refractivity contribution in [3.05, 3.63) is 51.9 Å². The molecule has 4 N–H and O–H groups in total. The smallest absolute Gasteiger partial charge is 0.410 e. The number of fused-ring (bicyclic) bond motifs is 2. The number of primary amides is 1. The summed E-state index contributed by atoms with van der Waals surface area (Å²) in [5.74, 6) is -0.957. The van der Waals surface area contributed by atoms with Gasteiger partial charge in [0.05, 0.1) is 17.9 Å². The lowest BCUT2D eigenvalue weighted by atomic mass is 10.0. The number of hydrogen-bond donors (Lipinski definition) is 3. The minimum absolute atomic E-state index is 0.0499. The van der Waals surface area contributed by atoms with E-state index in [0.29, 0.717) is 17.2 Å². The van der Waals surface area contributed by atoms with Gasteiger partial charge >= 0.3 is 6.18 Å².